The van der Waals surface area contributed by atoms with E-state index in [0.29, 0.717) is 5.75 Å². The van der Waals surface area contributed by atoms with E-state index in [4.69, 9.17) is 9.84 Å². The van der Waals surface area contributed by atoms with E-state index in [1.54, 1.807) is 0 Å². The quantitative estimate of drug-likeness (QED) is 0.221. The van der Waals surface area contributed by atoms with Crippen LogP contribution in [0.2, 0.25) is 0 Å². The Kier molecular flexibility index (Phi) is 16.6. The number of carboxylic acid groups (broad SMARTS) is 1. The van der Waals surface area contributed by atoms with Crippen molar-refractivity contribution in [3.8, 4) is 17.6 Å². The number of allylic oxidation sites excluding steroid dienone is 4. The van der Waals surface area contributed by atoms with E-state index in [0.717, 1.165) is 0 Å². The monoisotopic (exact) mass is 446 g/mol. The number of rotatable bonds is 11. The Morgan fingerprint density at radius 2 is 1.70 bits per heavy atom. The molecule has 0 radical (unpaired) electrons. The standard InChI is InChI=1S/C21H23FO7.K.H/c22-16-9-11-18(12-10-16)29-13-17(23)7-5-3-1-2-4-6-8-19(24)20(25)14-28-15-21(26)27;;/h2,4-12,17,19-20,23-25H,13-15H2,(H,26,27);;/t17-,19+,20-;;/m1../s1. The Labute approximate surface area is 216 Å². The van der Waals surface area contributed by atoms with Crippen LogP contribution in [0.1, 0.15) is 0 Å². The van der Waals surface area contributed by atoms with Gasteiger partial charge in [0.2, 0.25) is 0 Å². The molecule has 30 heavy (non-hydrogen) atoms. The van der Waals surface area contributed by atoms with Crippen LogP contribution in [0.3, 0.4) is 0 Å². The number of halogens is 1. The van der Waals surface area contributed by atoms with Crippen molar-refractivity contribution in [1.82, 2.24) is 0 Å². The first-order chi connectivity index (χ1) is 13.9. The third kappa shape index (κ3) is 14.6. The summed E-state index contributed by atoms with van der Waals surface area (Å²) in [6, 6.07) is 5.44. The topological polar surface area (TPSA) is 116 Å². The summed E-state index contributed by atoms with van der Waals surface area (Å²) in [6.07, 6.45) is 5.35. The molecule has 0 unspecified atom stereocenters. The van der Waals surface area contributed by atoms with Crippen molar-refractivity contribution in [3.05, 3.63) is 66.5 Å². The van der Waals surface area contributed by atoms with E-state index in [1.807, 2.05) is 0 Å². The Morgan fingerprint density at radius 3 is 2.37 bits per heavy atom. The molecule has 0 aliphatic carbocycles. The van der Waals surface area contributed by atoms with Gasteiger partial charge in [-0.1, -0.05) is 30.1 Å². The summed E-state index contributed by atoms with van der Waals surface area (Å²) in [4.78, 5) is 10.3. The first kappa shape index (κ1) is 28.7. The van der Waals surface area contributed by atoms with E-state index >= 15 is 0 Å². The van der Waals surface area contributed by atoms with Crippen molar-refractivity contribution in [2.45, 2.75) is 18.3 Å². The molecule has 0 saturated carbocycles. The third-order valence-electron chi connectivity index (χ3n) is 3.23. The van der Waals surface area contributed by atoms with Crippen LogP contribution < -0.4 is 4.74 Å². The molecule has 4 N–H and O–H groups in total. The van der Waals surface area contributed by atoms with Gasteiger partial charge in [0, 0.05) is 0 Å². The van der Waals surface area contributed by atoms with Gasteiger partial charge in [-0.15, -0.1) is 0 Å². The van der Waals surface area contributed by atoms with Gasteiger partial charge in [-0.05, 0) is 42.5 Å². The van der Waals surface area contributed by atoms with Gasteiger partial charge >= 0.3 is 57.4 Å². The molecule has 0 aliphatic heterocycles. The summed E-state index contributed by atoms with van der Waals surface area (Å²) in [5.74, 6) is 4.26. The second-order valence-corrected chi connectivity index (χ2v) is 5.69. The van der Waals surface area contributed by atoms with E-state index in [-0.39, 0.29) is 70.4 Å². The second-order valence-electron chi connectivity index (χ2n) is 5.69. The summed E-state index contributed by atoms with van der Waals surface area (Å²) in [5, 5.41) is 37.3. The number of hydrogen-bond acceptors (Lipinski definition) is 6. The zero-order valence-corrected chi connectivity index (χ0v) is 15.5. The minimum absolute atomic E-state index is 0. The first-order valence-corrected chi connectivity index (χ1v) is 8.61. The molecule has 1 aromatic rings. The van der Waals surface area contributed by atoms with Gasteiger partial charge in [0.25, 0.3) is 0 Å². The summed E-state index contributed by atoms with van der Waals surface area (Å²) >= 11 is 0. The van der Waals surface area contributed by atoms with Crippen molar-refractivity contribution < 1.29 is 39.1 Å². The Hall–Kier alpha value is -1.32. The molecule has 9 heteroatoms. The van der Waals surface area contributed by atoms with Crippen molar-refractivity contribution in [2.24, 2.45) is 0 Å². The van der Waals surface area contributed by atoms with Crippen LogP contribution in [0.25, 0.3) is 0 Å². The fourth-order valence-electron chi connectivity index (χ4n) is 1.80. The molecule has 0 heterocycles. The van der Waals surface area contributed by atoms with E-state index in [2.05, 4.69) is 16.6 Å². The van der Waals surface area contributed by atoms with Gasteiger partial charge in [-0.3, -0.25) is 0 Å². The number of aliphatic carboxylic acids is 1. The average molecular weight is 447 g/mol. The summed E-state index contributed by atoms with van der Waals surface area (Å²) in [5.41, 5.74) is 0. The maximum atomic E-state index is 12.8. The first-order valence-electron chi connectivity index (χ1n) is 8.61. The van der Waals surface area contributed by atoms with Gasteiger partial charge in [0.05, 0.1) is 6.61 Å². The maximum absolute atomic E-state index is 12.8. The SMILES string of the molecule is O=C(O)COC[C@@H](O)[C@@H](O)C=CC=CC#CC=C[C@@H](O)COc1ccc(F)cc1.[KH]. The molecule has 0 spiro atoms. The van der Waals surface area contributed by atoms with Crippen LogP contribution >= 0.6 is 0 Å². The number of aliphatic hydroxyl groups is 3. The van der Waals surface area contributed by atoms with Crippen LogP contribution in [0.4, 0.5) is 4.39 Å². The molecule has 7 nitrogen and oxygen atoms in total. The molecular weight excluding hydrogens is 422 g/mol. The number of hydrogen-bond donors (Lipinski definition) is 4. The number of benzene rings is 1. The second kappa shape index (κ2) is 17.4. The van der Waals surface area contributed by atoms with Crippen LogP contribution in [-0.2, 0) is 9.53 Å². The minimum atomic E-state index is -1.24. The Morgan fingerprint density at radius 1 is 1.03 bits per heavy atom. The average Bonchev–Trinajstić information content (AvgIpc) is 2.69. The molecule has 0 fully saturated rings. The summed E-state index contributed by atoms with van der Waals surface area (Å²) in [6.45, 7) is -0.859. The van der Waals surface area contributed by atoms with E-state index in [1.165, 1.54) is 60.7 Å². The fraction of sp³-hybridized carbons (Fsp3) is 0.286. The zero-order valence-electron chi connectivity index (χ0n) is 15.5. The summed E-state index contributed by atoms with van der Waals surface area (Å²) in [7, 11) is 0. The molecule has 1 aromatic carbocycles. The molecule has 158 valence electrons. The molecule has 0 bridgehead atoms. The fourth-order valence-corrected chi connectivity index (χ4v) is 1.80. The van der Waals surface area contributed by atoms with Gasteiger partial charge in [-0.2, -0.15) is 0 Å². The number of carboxylic acids is 1. The molecule has 0 aliphatic rings. The molecule has 0 aromatic heterocycles. The van der Waals surface area contributed by atoms with Crippen molar-refractivity contribution in [2.75, 3.05) is 19.8 Å². The van der Waals surface area contributed by atoms with Gasteiger partial charge in [0.1, 0.15) is 43.1 Å². The van der Waals surface area contributed by atoms with Gasteiger partial charge in [-0.25, -0.2) is 9.18 Å². The van der Waals surface area contributed by atoms with Crippen molar-refractivity contribution in [1.29, 1.82) is 0 Å². The Balaban J connectivity index is 0.00000841. The van der Waals surface area contributed by atoms with Crippen LogP contribution in [-0.4, -0.2) is 116 Å². The number of aliphatic hydroxyl groups excluding tert-OH is 3. The predicted molar refractivity (Wildman–Crippen MR) is 111 cm³/mol. The zero-order chi connectivity index (χ0) is 21.5. The normalized spacial score (nSPS) is 14.1. The van der Waals surface area contributed by atoms with Crippen LogP contribution in [0, 0.1) is 17.7 Å². The number of ether oxygens (including phenoxy) is 2. The van der Waals surface area contributed by atoms with Gasteiger partial charge in [0.15, 0.2) is 0 Å². The molecule has 0 amide bonds. The molecule has 0 saturated heterocycles. The van der Waals surface area contributed by atoms with E-state index < -0.39 is 30.9 Å². The molecule has 1 rings (SSSR count). The van der Waals surface area contributed by atoms with Crippen molar-refractivity contribution in [3.63, 3.8) is 0 Å². The number of carbonyl (C=O) groups is 1. The van der Waals surface area contributed by atoms with E-state index in [9.17, 15) is 24.5 Å². The van der Waals surface area contributed by atoms with Crippen molar-refractivity contribution >= 4 is 57.4 Å². The van der Waals surface area contributed by atoms with Crippen LogP contribution in [0.15, 0.2) is 60.7 Å². The van der Waals surface area contributed by atoms with Crippen LogP contribution in [0.5, 0.6) is 5.75 Å². The molecular formula is C21H24FKO7. The Bertz CT molecular complexity index is 766. The van der Waals surface area contributed by atoms with Gasteiger partial charge < -0.3 is 29.9 Å². The molecule has 3 atom stereocenters. The third-order valence-corrected chi connectivity index (χ3v) is 3.23. The predicted octanol–water partition coefficient (Wildman–Crippen LogP) is 0.412. The summed E-state index contributed by atoms with van der Waals surface area (Å²) < 4.78 is 22.7.